The third kappa shape index (κ3) is 3.52. The fourth-order valence-corrected chi connectivity index (χ4v) is 4.34. The highest BCUT2D eigenvalue weighted by Gasteiger charge is 2.43. The van der Waals surface area contributed by atoms with Crippen molar-refractivity contribution in [1.29, 1.82) is 0 Å². The standard InChI is InChI=1S/C14H22O3Si/c1-5-13-10-9-11-14(12-13)18(15-6-2,16-7-3)17-8-4/h5,9-12H,1,6-8H2,2-4H3. The molecule has 0 saturated heterocycles. The molecule has 0 saturated carbocycles. The summed E-state index contributed by atoms with van der Waals surface area (Å²) in [6.07, 6.45) is 1.81. The Morgan fingerprint density at radius 1 is 1.06 bits per heavy atom. The summed E-state index contributed by atoms with van der Waals surface area (Å²) in [5, 5.41) is 0.991. The molecule has 0 aliphatic rings. The van der Waals surface area contributed by atoms with Crippen molar-refractivity contribution in [3.8, 4) is 0 Å². The van der Waals surface area contributed by atoms with Gasteiger partial charge in [-0.2, -0.15) is 0 Å². The first-order valence-corrected chi connectivity index (χ1v) is 8.09. The lowest BCUT2D eigenvalue weighted by Crippen LogP contribution is -2.56. The topological polar surface area (TPSA) is 27.7 Å². The molecule has 4 heteroatoms. The van der Waals surface area contributed by atoms with Gasteiger partial charge in [-0.1, -0.05) is 30.9 Å². The summed E-state index contributed by atoms with van der Waals surface area (Å²) in [6, 6.07) is 8.01. The van der Waals surface area contributed by atoms with Crippen LogP contribution in [0.25, 0.3) is 6.08 Å². The van der Waals surface area contributed by atoms with Gasteiger partial charge >= 0.3 is 8.80 Å². The highest BCUT2D eigenvalue weighted by Crippen LogP contribution is 2.12. The molecule has 0 amide bonds. The molecule has 0 aliphatic heterocycles. The van der Waals surface area contributed by atoms with Gasteiger partial charge in [0.05, 0.1) is 0 Å². The summed E-state index contributed by atoms with van der Waals surface area (Å²) in [4.78, 5) is 0. The van der Waals surface area contributed by atoms with E-state index in [1.165, 1.54) is 0 Å². The zero-order valence-electron chi connectivity index (χ0n) is 11.4. The quantitative estimate of drug-likeness (QED) is 0.677. The Hall–Kier alpha value is -0.943. The molecule has 0 N–H and O–H groups in total. The van der Waals surface area contributed by atoms with Gasteiger partial charge < -0.3 is 13.3 Å². The monoisotopic (exact) mass is 266 g/mol. The van der Waals surface area contributed by atoms with E-state index in [1.807, 2.05) is 51.1 Å². The highest BCUT2D eigenvalue weighted by molar-refractivity contribution is 6.75. The molecule has 1 aromatic rings. The normalized spacial score (nSPS) is 11.5. The van der Waals surface area contributed by atoms with E-state index in [1.54, 1.807) is 0 Å². The first-order valence-electron chi connectivity index (χ1n) is 6.37. The van der Waals surface area contributed by atoms with E-state index < -0.39 is 8.80 Å². The molecule has 100 valence electrons. The predicted octanol–water partition coefficient (Wildman–Crippen LogP) is 2.59. The van der Waals surface area contributed by atoms with Crippen molar-refractivity contribution in [3.05, 3.63) is 36.4 Å². The summed E-state index contributed by atoms with van der Waals surface area (Å²) < 4.78 is 17.6. The van der Waals surface area contributed by atoms with Crippen LogP contribution in [0.2, 0.25) is 0 Å². The number of hydrogen-bond donors (Lipinski definition) is 0. The molecule has 0 heterocycles. The lowest BCUT2D eigenvalue weighted by Gasteiger charge is -2.28. The zero-order valence-corrected chi connectivity index (χ0v) is 12.4. The van der Waals surface area contributed by atoms with Gasteiger partial charge in [-0.25, -0.2) is 0 Å². The van der Waals surface area contributed by atoms with Gasteiger partial charge in [0.1, 0.15) is 0 Å². The summed E-state index contributed by atoms with van der Waals surface area (Å²) in [5.41, 5.74) is 1.04. The first kappa shape index (κ1) is 15.1. The molecule has 0 spiro atoms. The van der Waals surface area contributed by atoms with Crippen molar-refractivity contribution >= 4 is 20.1 Å². The largest absolute Gasteiger partial charge is 0.537 e. The van der Waals surface area contributed by atoms with Crippen LogP contribution in [0.3, 0.4) is 0 Å². The van der Waals surface area contributed by atoms with Crippen molar-refractivity contribution < 1.29 is 13.3 Å². The molecule has 0 atom stereocenters. The van der Waals surface area contributed by atoms with E-state index in [2.05, 4.69) is 6.58 Å². The van der Waals surface area contributed by atoms with Crippen LogP contribution in [0.4, 0.5) is 0 Å². The summed E-state index contributed by atoms with van der Waals surface area (Å²) in [6.45, 7) is 11.4. The van der Waals surface area contributed by atoms with E-state index in [0.29, 0.717) is 19.8 Å². The molecular formula is C14H22O3Si. The minimum Gasteiger partial charge on any atom is -0.370 e. The van der Waals surface area contributed by atoms with E-state index in [4.69, 9.17) is 13.3 Å². The van der Waals surface area contributed by atoms with Crippen LogP contribution < -0.4 is 5.19 Å². The molecule has 0 aliphatic carbocycles. The maximum Gasteiger partial charge on any atom is 0.537 e. The third-order valence-electron chi connectivity index (χ3n) is 2.48. The van der Waals surface area contributed by atoms with Crippen molar-refractivity contribution in [2.75, 3.05) is 19.8 Å². The fraction of sp³-hybridized carbons (Fsp3) is 0.429. The average Bonchev–Trinajstić information content (AvgIpc) is 2.39. The van der Waals surface area contributed by atoms with Gasteiger partial charge in [0, 0.05) is 25.0 Å². The van der Waals surface area contributed by atoms with Crippen molar-refractivity contribution in [3.63, 3.8) is 0 Å². The van der Waals surface area contributed by atoms with Crippen LogP contribution in [0.1, 0.15) is 26.3 Å². The molecule has 0 fully saturated rings. The van der Waals surface area contributed by atoms with E-state index >= 15 is 0 Å². The van der Waals surface area contributed by atoms with Crippen LogP contribution in [0, 0.1) is 0 Å². The average molecular weight is 266 g/mol. The van der Waals surface area contributed by atoms with Gasteiger partial charge in [-0.15, -0.1) is 0 Å². The second-order valence-corrected chi connectivity index (χ2v) is 6.24. The second-order valence-electron chi connectivity index (χ2n) is 3.68. The molecule has 18 heavy (non-hydrogen) atoms. The number of rotatable bonds is 8. The van der Waals surface area contributed by atoms with Crippen LogP contribution in [0.15, 0.2) is 30.8 Å². The van der Waals surface area contributed by atoms with Crippen LogP contribution in [-0.2, 0) is 13.3 Å². The summed E-state index contributed by atoms with van der Waals surface area (Å²) >= 11 is 0. The predicted molar refractivity (Wildman–Crippen MR) is 76.8 cm³/mol. The van der Waals surface area contributed by atoms with Gasteiger partial charge in [0.2, 0.25) is 0 Å². The Morgan fingerprint density at radius 3 is 2.06 bits per heavy atom. The molecule has 1 rings (SSSR count). The lowest BCUT2D eigenvalue weighted by molar-refractivity contribution is 0.0859. The maximum atomic E-state index is 5.86. The second kappa shape index (κ2) is 7.48. The molecule has 0 bridgehead atoms. The lowest BCUT2D eigenvalue weighted by atomic mass is 10.2. The maximum absolute atomic E-state index is 5.86. The molecule has 1 aromatic carbocycles. The fourth-order valence-electron chi connectivity index (χ4n) is 1.80. The Kier molecular flexibility index (Phi) is 6.28. The first-order chi connectivity index (χ1) is 8.72. The Morgan fingerprint density at radius 2 is 1.61 bits per heavy atom. The van der Waals surface area contributed by atoms with Crippen LogP contribution in [-0.4, -0.2) is 28.6 Å². The Labute approximate surface area is 111 Å². The van der Waals surface area contributed by atoms with Crippen molar-refractivity contribution in [2.24, 2.45) is 0 Å². The molecule has 0 aromatic heterocycles. The smallest absolute Gasteiger partial charge is 0.370 e. The van der Waals surface area contributed by atoms with E-state index in [-0.39, 0.29) is 0 Å². The highest BCUT2D eigenvalue weighted by atomic mass is 28.4. The van der Waals surface area contributed by atoms with E-state index in [0.717, 1.165) is 10.8 Å². The minimum absolute atomic E-state index is 0.574. The molecular weight excluding hydrogens is 244 g/mol. The van der Waals surface area contributed by atoms with Crippen molar-refractivity contribution in [2.45, 2.75) is 20.8 Å². The molecule has 0 unspecified atom stereocenters. The molecule has 0 radical (unpaired) electrons. The SMILES string of the molecule is C=Cc1cccc([Si](OCC)(OCC)OCC)c1. The van der Waals surface area contributed by atoms with Gasteiger partial charge in [-0.05, 0) is 32.4 Å². The zero-order chi connectivity index (χ0) is 13.4. The third-order valence-corrected chi connectivity index (χ3v) is 5.50. The Balaban J connectivity index is 3.15. The van der Waals surface area contributed by atoms with E-state index in [9.17, 15) is 0 Å². The summed E-state index contributed by atoms with van der Waals surface area (Å²) in [5.74, 6) is 0. The molecule has 3 nitrogen and oxygen atoms in total. The van der Waals surface area contributed by atoms with Crippen LogP contribution >= 0.6 is 0 Å². The Bertz CT molecular complexity index is 362. The van der Waals surface area contributed by atoms with Crippen molar-refractivity contribution in [1.82, 2.24) is 0 Å². The van der Waals surface area contributed by atoms with Crippen LogP contribution in [0.5, 0.6) is 0 Å². The summed E-state index contributed by atoms with van der Waals surface area (Å²) in [7, 11) is -2.77. The van der Waals surface area contributed by atoms with Gasteiger partial charge in [0.25, 0.3) is 0 Å². The van der Waals surface area contributed by atoms with Gasteiger partial charge in [-0.3, -0.25) is 0 Å². The minimum atomic E-state index is -2.77. The number of hydrogen-bond acceptors (Lipinski definition) is 3. The van der Waals surface area contributed by atoms with Gasteiger partial charge in [0.15, 0.2) is 0 Å². The number of benzene rings is 1.